The summed E-state index contributed by atoms with van der Waals surface area (Å²) >= 11 is 5.90. The molecule has 0 spiro atoms. The van der Waals surface area contributed by atoms with Crippen molar-refractivity contribution in [3.05, 3.63) is 70.7 Å². The van der Waals surface area contributed by atoms with Crippen LogP contribution in [0.3, 0.4) is 0 Å². The number of hydrogen-bond acceptors (Lipinski definition) is 3. The molecule has 1 heterocycles. The van der Waals surface area contributed by atoms with E-state index in [1.807, 2.05) is 44.4 Å². The highest BCUT2D eigenvalue weighted by molar-refractivity contribution is 6.30. The molecule has 26 heavy (non-hydrogen) atoms. The van der Waals surface area contributed by atoms with E-state index in [0.29, 0.717) is 31.0 Å². The van der Waals surface area contributed by atoms with Crippen LogP contribution < -0.4 is 0 Å². The average Bonchev–Trinajstić information content (AvgIpc) is 2.64. The minimum Gasteiger partial charge on any atom is -0.389 e. The smallest absolute Gasteiger partial charge is 0.227 e. The Morgan fingerprint density at radius 1 is 1.19 bits per heavy atom. The van der Waals surface area contributed by atoms with Gasteiger partial charge in [-0.25, -0.2) is 0 Å². The summed E-state index contributed by atoms with van der Waals surface area (Å²) in [5, 5.41) is 11.7. The molecular weight excluding hydrogens is 348 g/mol. The number of benzene rings is 2. The van der Waals surface area contributed by atoms with E-state index in [9.17, 15) is 9.90 Å². The van der Waals surface area contributed by atoms with Gasteiger partial charge in [-0.15, -0.1) is 0 Å². The van der Waals surface area contributed by atoms with Gasteiger partial charge in [-0.2, -0.15) is 0 Å². The fourth-order valence-electron chi connectivity index (χ4n) is 3.88. The number of aliphatic hydroxyl groups excluding tert-OH is 1. The number of aliphatic hydroxyl groups is 1. The summed E-state index contributed by atoms with van der Waals surface area (Å²) < 4.78 is 0. The van der Waals surface area contributed by atoms with Crippen LogP contribution in [-0.4, -0.2) is 54.1 Å². The Morgan fingerprint density at radius 2 is 1.85 bits per heavy atom. The normalized spacial score (nSPS) is 23.3. The third kappa shape index (κ3) is 3.63. The zero-order valence-corrected chi connectivity index (χ0v) is 16.0. The number of nitrogens with zero attached hydrogens (tertiary/aromatic N) is 2. The summed E-state index contributed by atoms with van der Waals surface area (Å²) in [4.78, 5) is 16.5. The monoisotopic (exact) mass is 372 g/mol. The van der Waals surface area contributed by atoms with Gasteiger partial charge in [-0.1, -0.05) is 54.1 Å². The van der Waals surface area contributed by atoms with Crippen molar-refractivity contribution in [2.24, 2.45) is 0 Å². The Morgan fingerprint density at radius 3 is 2.42 bits per heavy atom. The number of β-amino-alcohol motifs (C(OH)–C–C–N with tert-alkyl or cyclic N) is 1. The molecule has 1 N–H and O–H groups in total. The number of piperidine rings is 1. The number of hydrogen-bond donors (Lipinski definition) is 1. The van der Waals surface area contributed by atoms with Gasteiger partial charge in [-0.3, -0.25) is 9.69 Å². The number of rotatable bonds is 4. The maximum Gasteiger partial charge on any atom is 0.227 e. The lowest BCUT2D eigenvalue weighted by Crippen LogP contribution is -2.61. The van der Waals surface area contributed by atoms with E-state index in [-0.39, 0.29) is 5.91 Å². The molecule has 0 unspecified atom stereocenters. The molecule has 2 aromatic carbocycles. The molecular formula is C21H25ClN2O2. The van der Waals surface area contributed by atoms with Crippen molar-refractivity contribution in [1.82, 2.24) is 9.80 Å². The molecule has 0 saturated carbocycles. The van der Waals surface area contributed by atoms with E-state index in [1.165, 1.54) is 0 Å². The predicted octanol–water partition coefficient (Wildman–Crippen LogP) is 2.93. The van der Waals surface area contributed by atoms with Crippen molar-refractivity contribution in [3.8, 4) is 0 Å². The van der Waals surface area contributed by atoms with Crippen LogP contribution in [0.2, 0.25) is 5.02 Å². The standard InChI is InChI=1S/C21H25ClN2O2/c1-23(2)21(17-6-4-3-5-7-17)12-13-24(15-19(21)25)20(26)14-16-8-10-18(22)11-9-16/h3-11,19,25H,12-15H2,1-2H3/t19-,21+/m1/s1. The third-order valence-corrected chi connectivity index (χ3v) is 5.65. The Balaban J connectivity index is 1.74. The second kappa shape index (κ2) is 7.78. The fraction of sp³-hybridized carbons (Fsp3) is 0.381. The molecule has 138 valence electrons. The second-order valence-electron chi connectivity index (χ2n) is 7.09. The predicted molar refractivity (Wildman–Crippen MR) is 104 cm³/mol. The first kappa shape index (κ1) is 18.9. The van der Waals surface area contributed by atoms with Gasteiger partial charge in [0.1, 0.15) is 0 Å². The van der Waals surface area contributed by atoms with E-state index < -0.39 is 11.6 Å². The number of amides is 1. The summed E-state index contributed by atoms with van der Waals surface area (Å²) in [6, 6.07) is 17.4. The zero-order valence-electron chi connectivity index (χ0n) is 15.2. The van der Waals surface area contributed by atoms with Gasteiger partial charge < -0.3 is 10.0 Å². The average molecular weight is 373 g/mol. The van der Waals surface area contributed by atoms with Crippen LogP contribution in [0, 0.1) is 0 Å². The van der Waals surface area contributed by atoms with E-state index in [4.69, 9.17) is 11.6 Å². The quantitative estimate of drug-likeness (QED) is 0.897. The molecule has 2 aromatic rings. The van der Waals surface area contributed by atoms with Crippen LogP contribution in [-0.2, 0) is 16.8 Å². The summed E-state index contributed by atoms with van der Waals surface area (Å²) in [6.07, 6.45) is 0.365. The Bertz CT molecular complexity index is 748. The molecule has 1 aliphatic rings. The van der Waals surface area contributed by atoms with Crippen molar-refractivity contribution in [3.63, 3.8) is 0 Å². The van der Waals surface area contributed by atoms with Crippen LogP contribution in [0.4, 0.5) is 0 Å². The van der Waals surface area contributed by atoms with E-state index in [1.54, 1.807) is 17.0 Å². The zero-order chi connectivity index (χ0) is 18.7. The van der Waals surface area contributed by atoms with Gasteiger partial charge in [0.2, 0.25) is 5.91 Å². The molecule has 0 aliphatic carbocycles. The van der Waals surface area contributed by atoms with Crippen molar-refractivity contribution in [1.29, 1.82) is 0 Å². The summed E-state index contributed by atoms with van der Waals surface area (Å²) in [5.41, 5.74) is 1.54. The fourth-order valence-corrected chi connectivity index (χ4v) is 4.01. The van der Waals surface area contributed by atoms with Crippen LogP contribution in [0.1, 0.15) is 17.5 Å². The van der Waals surface area contributed by atoms with Gasteiger partial charge in [0.05, 0.1) is 18.1 Å². The van der Waals surface area contributed by atoms with Crippen LogP contribution in [0.15, 0.2) is 54.6 Å². The minimum atomic E-state index is -0.650. The Hall–Kier alpha value is -1.88. The lowest BCUT2D eigenvalue weighted by atomic mass is 9.77. The lowest BCUT2D eigenvalue weighted by Gasteiger charge is -2.49. The van der Waals surface area contributed by atoms with Crippen LogP contribution in [0.25, 0.3) is 0 Å². The van der Waals surface area contributed by atoms with Crippen LogP contribution >= 0.6 is 11.6 Å². The molecule has 3 rings (SSSR count). The highest BCUT2D eigenvalue weighted by Crippen LogP contribution is 2.37. The van der Waals surface area contributed by atoms with Crippen LogP contribution in [0.5, 0.6) is 0 Å². The van der Waals surface area contributed by atoms with Gasteiger partial charge in [-0.05, 0) is 43.8 Å². The van der Waals surface area contributed by atoms with Crippen molar-refractivity contribution in [2.75, 3.05) is 27.2 Å². The number of carbonyl (C=O) groups is 1. The van der Waals surface area contributed by atoms with Gasteiger partial charge >= 0.3 is 0 Å². The van der Waals surface area contributed by atoms with Gasteiger partial charge in [0, 0.05) is 18.1 Å². The SMILES string of the molecule is CN(C)[C@]1(c2ccccc2)CCN(C(=O)Cc2ccc(Cl)cc2)C[C@H]1O. The molecule has 0 aromatic heterocycles. The molecule has 2 atom stereocenters. The largest absolute Gasteiger partial charge is 0.389 e. The lowest BCUT2D eigenvalue weighted by molar-refractivity contribution is -0.140. The molecule has 0 bridgehead atoms. The maximum atomic E-state index is 12.7. The molecule has 1 fully saturated rings. The van der Waals surface area contributed by atoms with Gasteiger partial charge in [0.25, 0.3) is 0 Å². The molecule has 1 amide bonds. The Labute approximate surface area is 160 Å². The maximum absolute atomic E-state index is 12.7. The number of carbonyl (C=O) groups excluding carboxylic acids is 1. The third-order valence-electron chi connectivity index (χ3n) is 5.40. The minimum absolute atomic E-state index is 0.0341. The molecule has 1 saturated heterocycles. The Kier molecular flexibility index (Phi) is 5.66. The van der Waals surface area contributed by atoms with Gasteiger partial charge in [0.15, 0.2) is 0 Å². The highest BCUT2D eigenvalue weighted by Gasteiger charge is 2.46. The molecule has 0 radical (unpaired) electrons. The van der Waals surface area contributed by atoms with Crippen molar-refractivity contribution >= 4 is 17.5 Å². The van der Waals surface area contributed by atoms with E-state index in [2.05, 4.69) is 17.0 Å². The highest BCUT2D eigenvalue weighted by atomic mass is 35.5. The second-order valence-corrected chi connectivity index (χ2v) is 7.53. The molecule has 5 heteroatoms. The molecule has 1 aliphatic heterocycles. The number of halogens is 1. The first-order valence-corrected chi connectivity index (χ1v) is 9.24. The summed E-state index contributed by atoms with van der Waals surface area (Å²) in [5.74, 6) is 0.0341. The topological polar surface area (TPSA) is 43.8 Å². The first-order valence-electron chi connectivity index (χ1n) is 8.87. The summed E-state index contributed by atoms with van der Waals surface area (Å²) in [6.45, 7) is 0.954. The van der Waals surface area contributed by atoms with Crippen molar-refractivity contribution < 1.29 is 9.90 Å². The van der Waals surface area contributed by atoms with Crippen molar-refractivity contribution in [2.45, 2.75) is 24.5 Å². The summed E-state index contributed by atoms with van der Waals surface area (Å²) in [7, 11) is 3.98. The molecule has 4 nitrogen and oxygen atoms in total. The number of likely N-dealkylation sites (N-methyl/N-ethyl adjacent to an activating group) is 1. The van der Waals surface area contributed by atoms with E-state index in [0.717, 1.165) is 11.1 Å². The van der Waals surface area contributed by atoms with E-state index >= 15 is 0 Å². The number of likely N-dealkylation sites (tertiary alicyclic amines) is 1. The first-order chi connectivity index (χ1) is 12.4.